The number of alkyl halides is 3. The molecule has 1 atom stereocenters. The van der Waals surface area contributed by atoms with E-state index in [0.29, 0.717) is 5.56 Å². The van der Waals surface area contributed by atoms with E-state index in [2.05, 4.69) is 5.32 Å². The molecule has 2 N–H and O–H groups in total. The van der Waals surface area contributed by atoms with Crippen LogP contribution in [-0.2, 0) is 11.8 Å². The van der Waals surface area contributed by atoms with Crippen LogP contribution in [0.1, 0.15) is 38.8 Å². The van der Waals surface area contributed by atoms with Crippen LogP contribution in [0, 0.1) is 0 Å². The first-order valence-electron chi connectivity index (χ1n) is 6.07. The zero-order valence-electron chi connectivity index (χ0n) is 11.6. The van der Waals surface area contributed by atoms with Gasteiger partial charge in [-0.25, -0.2) is 0 Å². The number of halogens is 3. The van der Waals surface area contributed by atoms with Gasteiger partial charge in [0.1, 0.15) is 0 Å². The maximum absolute atomic E-state index is 12.4. The van der Waals surface area contributed by atoms with Gasteiger partial charge < -0.3 is 10.4 Å². The van der Waals surface area contributed by atoms with Crippen LogP contribution < -0.4 is 5.32 Å². The molecule has 0 radical (unpaired) electrons. The Hall–Kier alpha value is -1.07. The molecule has 1 aromatic carbocycles. The third-order valence-electron chi connectivity index (χ3n) is 2.80. The SMILES string of the molecule is CC(C)(C)NCC(C)(O)c1ccc(C(F)(F)F)cc1. The highest BCUT2D eigenvalue weighted by molar-refractivity contribution is 5.28. The fourth-order valence-electron chi connectivity index (χ4n) is 1.56. The zero-order valence-corrected chi connectivity index (χ0v) is 11.6. The number of aliphatic hydroxyl groups is 1. The maximum Gasteiger partial charge on any atom is 0.416 e. The van der Waals surface area contributed by atoms with Crippen molar-refractivity contribution in [2.75, 3.05) is 6.54 Å². The maximum atomic E-state index is 12.4. The summed E-state index contributed by atoms with van der Waals surface area (Å²) < 4.78 is 37.3. The summed E-state index contributed by atoms with van der Waals surface area (Å²) in [5.41, 5.74) is -1.64. The quantitative estimate of drug-likeness (QED) is 0.887. The van der Waals surface area contributed by atoms with E-state index in [1.165, 1.54) is 12.1 Å². The third kappa shape index (κ3) is 4.84. The Labute approximate surface area is 111 Å². The van der Waals surface area contributed by atoms with E-state index in [1.807, 2.05) is 20.8 Å². The Bertz CT molecular complexity index is 416. The highest BCUT2D eigenvalue weighted by Gasteiger charge is 2.31. The van der Waals surface area contributed by atoms with Crippen molar-refractivity contribution in [1.82, 2.24) is 5.32 Å². The fourth-order valence-corrected chi connectivity index (χ4v) is 1.56. The number of hydrogen-bond acceptors (Lipinski definition) is 2. The standard InChI is InChI=1S/C14H20F3NO/c1-12(2,3)18-9-13(4,19)10-5-7-11(8-6-10)14(15,16)17/h5-8,18-19H,9H2,1-4H3. The molecular weight excluding hydrogens is 255 g/mol. The average molecular weight is 275 g/mol. The second-order valence-corrected chi connectivity index (χ2v) is 5.95. The molecule has 19 heavy (non-hydrogen) atoms. The first-order chi connectivity index (χ1) is 8.42. The molecule has 0 bridgehead atoms. The molecule has 0 amide bonds. The molecule has 0 aliphatic carbocycles. The van der Waals surface area contributed by atoms with Crippen molar-refractivity contribution in [1.29, 1.82) is 0 Å². The molecule has 0 fully saturated rings. The largest absolute Gasteiger partial charge is 0.416 e. The molecule has 2 nitrogen and oxygen atoms in total. The molecule has 0 aromatic heterocycles. The summed E-state index contributed by atoms with van der Waals surface area (Å²) in [6, 6.07) is 4.60. The van der Waals surface area contributed by atoms with Gasteiger partial charge in [0.2, 0.25) is 0 Å². The first kappa shape index (κ1) is 16.0. The lowest BCUT2D eigenvalue weighted by atomic mass is 9.94. The van der Waals surface area contributed by atoms with Crippen LogP contribution in [0.5, 0.6) is 0 Å². The normalized spacial score (nSPS) is 16.2. The number of benzene rings is 1. The third-order valence-corrected chi connectivity index (χ3v) is 2.80. The Morgan fingerprint density at radius 2 is 1.37 bits per heavy atom. The van der Waals surface area contributed by atoms with Crippen LogP contribution in [0.25, 0.3) is 0 Å². The number of hydrogen-bond donors (Lipinski definition) is 2. The average Bonchev–Trinajstić information content (AvgIpc) is 2.25. The first-order valence-corrected chi connectivity index (χ1v) is 6.07. The van der Waals surface area contributed by atoms with Gasteiger partial charge in [0.05, 0.1) is 11.2 Å². The molecular formula is C14H20F3NO. The molecule has 1 unspecified atom stereocenters. The molecule has 1 rings (SSSR count). The Balaban J connectivity index is 2.85. The highest BCUT2D eigenvalue weighted by atomic mass is 19.4. The van der Waals surface area contributed by atoms with Gasteiger partial charge in [-0.15, -0.1) is 0 Å². The van der Waals surface area contributed by atoms with Gasteiger partial charge in [0, 0.05) is 12.1 Å². The number of β-amino-alcohol motifs (C(OH)–C–C–N with tert-alkyl or cyclic N) is 1. The van der Waals surface area contributed by atoms with E-state index in [0.717, 1.165) is 12.1 Å². The summed E-state index contributed by atoms with van der Waals surface area (Å²) in [4.78, 5) is 0. The summed E-state index contributed by atoms with van der Waals surface area (Å²) in [5.74, 6) is 0. The highest BCUT2D eigenvalue weighted by Crippen LogP contribution is 2.30. The van der Waals surface area contributed by atoms with Crippen molar-refractivity contribution in [3.8, 4) is 0 Å². The molecule has 0 saturated carbocycles. The Morgan fingerprint density at radius 3 is 1.74 bits per heavy atom. The van der Waals surface area contributed by atoms with E-state index in [9.17, 15) is 18.3 Å². The van der Waals surface area contributed by atoms with Crippen LogP contribution in [0.15, 0.2) is 24.3 Å². The minimum absolute atomic E-state index is 0.171. The predicted octanol–water partition coefficient (Wildman–Crippen LogP) is 3.30. The van der Waals surface area contributed by atoms with Crippen molar-refractivity contribution in [3.05, 3.63) is 35.4 Å². The second kappa shape index (κ2) is 5.13. The molecule has 0 saturated heterocycles. The monoisotopic (exact) mass is 275 g/mol. The van der Waals surface area contributed by atoms with E-state index >= 15 is 0 Å². The molecule has 0 spiro atoms. The summed E-state index contributed by atoms with van der Waals surface area (Å²) in [6.45, 7) is 7.71. The summed E-state index contributed by atoms with van der Waals surface area (Å²) in [7, 11) is 0. The summed E-state index contributed by atoms with van der Waals surface area (Å²) >= 11 is 0. The summed E-state index contributed by atoms with van der Waals surface area (Å²) in [5, 5.41) is 13.4. The van der Waals surface area contributed by atoms with Gasteiger partial charge >= 0.3 is 6.18 Å². The van der Waals surface area contributed by atoms with Gasteiger partial charge in [0.25, 0.3) is 0 Å². The Kier molecular flexibility index (Phi) is 4.32. The summed E-state index contributed by atoms with van der Waals surface area (Å²) in [6.07, 6.45) is -4.35. The van der Waals surface area contributed by atoms with Crippen molar-refractivity contribution in [3.63, 3.8) is 0 Å². The topological polar surface area (TPSA) is 32.3 Å². The van der Waals surface area contributed by atoms with Crippen LogP contribution in [-0.4, -0.2) is 17.2 Å². The number of rotatable bonds is 3. The van der Waals surface area contributed by atoms with Gasteiger partial charge in [-0.1, -0.05) is 12.1 Å². The fraction of sp³-hybridized carbons (Fsp3) is 0.571. The molecule has 108 valence electrons. The van der Waals surface area contributed by atoms with E-state index < -0.39 is 17.3 Å². The minimum Gasteiger partial charge on any atom is -0.384 e. The Morgan fingerprint density at radius 1 is 0.947 bits per heavy atom. The van der Waals surface area contributed by atoms with E-state index in [1.54, 1.807) is 6.92 Å². The van der Waals surface area contributed by atoms with Crippen molar-refractivity contribution >= 4 is 0 Å². The lowest BCUT2D eigenvalue weighted by Gasteiger charge is -2.30. The minimum atomic E-state index is -4.35. The van der Waals surface area contributed by atoms with Gasteiger partial charge in [-0.05, 0) is 45.4 Å². The van der Waals surface area contributed by atoms with Crippen LogP contribution in [0.3, 0.4) is 0 Å². The lowest BCUT2D eigenvalue weighted by molar-refractivity contribution is -0.137. The van der Waals surface area contributed by atoms with Crippen molar-refractivity contribution < 1.29 is 18.3 Å². The predicted molar refractivity (Wildman–Crippen MR) is 68.8 cm³/mol. The van der Waals surface area contributed by atoms with E-state index in [-0.39, 0.29) is 12.1 Å². The van der Waals surface area contributed by atoms with Gasteiger partial charge in [0.15, 0.2) is 0 Å². The van der Waals surface area contributed by atoms with Crippen LogP contribution >= 0.6 is 0 Å². The second-order valence-electron chi connectivity index (χ2n) is 5.95. The van der Waals surface area contributed by atoms with Gasteiger partial charge in [-0.2, -0.15) is 13.2 Å². The van der Waals surface area contributed by atoms with Gasteiger partial charge in [-0.3, -0.25) is 0 Å². The van der Waals surface area contributed by atoms with Crippen molar-refractivity contribution in [2.24, 2.45) is 0 Å². The zero-order chi connectivity index (χ0) is 14.9. The molecule has 0 aliphatic rings. The molecule has 5 heteroatoms. The van der Waals surface area contributed by atoms with Crippen LogP contribution in [0.2, 0.25) is 0 Å². The number of nitrogens with one attached hydrogen (secondary N) is 1. The molecule has 0 aliphatic heterocycles. The molecule has 0 heterocycles. The van der Waals surface area contributed by atoms with E-state index in [4.69, 9.17) is 0 Å². The van der Waals surface area contributed by atoms with Crippen LogP contribution in [0.4, 0.5) is 13.2 Å². The lowest BCUT2D eigenvalue weighted by Crippen LogP contribution is -2.44. The smallest absolute Gasteiger partial charge is 0.384 e. The molecule has 1 aromatic rings. The van der Waals surface area contributed by atoms with Crippen molar-refractivity contribution in [2.45, 2.75) is 45.0 Å².